The maximum absolute atomic E-state index is 11.9. The number of anilines is 1. The second-order valence-electron chi connectivity index (χ2n) is 5.27. The quantitative estimate of drug-likeness (QED) is 0.744. The number of rotatable bonds is 7. The Morgan fingerprint density at radius 3 is 2.33 bits per heavy atom. The predicted molar refractivity (Wildman–Crippen MR) is 101 cm³/mol. The van der Waals surface area contributed by atoms with E-state index in [4.69, 9.17) is 5.26 Å². The minimum atomic E-state index is -0.0799. The number of hydrogen-bond acceptors (Lipinski definition) is 4. The molecule has 0 aliphatic rings. The Morgan fingerprint density at radius 2 is 1.75 bits per heavy atom. The lowest BCUT2D eigenvalue weighted by atomic mass is 10.3. The third kappa shape index (κ3) is 6.36. The molecule has 2 aromatic rings. The van der Waals surface area contributed by atoms with E-state index in [1.165, 1.54) is 0 Å². The van der Waals surface area contributed by atoms with Gasteiger partial charge in [-0.05, 0) is 55.6 Å². The second-order valence-corrected chi connectivity index (χ2v) is 7.34. The summed E-state index contributed by atoms with van der Waals surface area (Å²) in [6, 6.07) is 18.0. The molecular weight excluding hydrogens is 386 g/mol. The van der Waals surface area contributed by atoms with Crippen LogP contribution in [0.15, 0.2) is 62.8 Å². The first kappa shape index (κ1) is 18.5. The van der Waals surface area contributed by atoms with E-state index in [0.29, 0.717) is 13.0 Å². The fraction of sp³-hybridized carbons (Fsp3) is 0.222. The standard InChI is InChI=1S/C18H18BrN3OS/c1-22(12-2-11-20)13-18(23)21-15-5-9-17(10-6-15)24-16-7-3-14(19)4-8-16/h3-10H,2,12-13H2,1H3,(H,21,23). The van der Waals surface area contributed by atoms with Crippen LogP contribution >= 0.6 is 27.7 Å². The smallest absolute Gasteiger partial charge is 0.238 e. The monoisotopic (exact) mass is 403 g/mol. The molecule has 0 unspecified atom stereocenters. The Morgan fingerprint density at radius 1 is 1.17 bits per heavy atom. The van der Waals surface area contributed by atoms with Gasteiger partial charge in [-0.1, -0.05) is 27.7 Å². The maximum Gasteiger partial charge on any atom is 0.238 e. The second kappa shape index (κ2) is 9.48. The first-order valence-corrected chi connectivity index (χ1v) is 9.06. The predicted octanol–water partition coefficient (Wildman–Crippen LogP) is 4.38. The topological polar surface area (TPSA) is 56.1 Å². The van der Waals surface area contributed by atoms with Crippen molar-refractivity contribution in [1.82, 2.24) is 4.90 Å². The van der Waals surface area contributed by atoms with Gasteiger partial charge >= 0.3 is 0 Å². The molecule has 6 heteroatoms. The van der Waals surface area contributed by atoms with Crippen molar-refractivity contribution in [2.75, 3.05) is 25.5 Å². The van der Waals surface area contributed by atoms with Gasteiger partial charge in [0.1, 0.15) is 0 Å². The van der Waals surface area contributed by atoms with Gasteiger partial charge in [-0.2, -0.15) is 5.26 Å². The number of carbonyl (C=O) groups is 1. The van der Waals surface area contributed by atoms with Crippen molar-refractivity contribution in [3.63, 3.8) is 0 Å². The van der Waals surface area contributed by atoms with Crippen molar-refractivity contribution in [3.05, 3.63) is 53.0 Å². The number of nitrogens with zero attached hydrogens (tertiary/aromatic N) is 2. The van der Waals surface area contributed by atoms with Crippen LogP contribution in [0.3, 0.4) is 0 Å². The Hall–Kier alpha value is -1.81. The van der Waals surface area contributed by atoms with Gasteiger partial charge in [-0.15, -0.1) is 0 Å². The number of amides is 1. The molecule has 0 radical (unpaired) electrons. The molecule has 1 N–H and O–H groups in total. The van der Waals surface area contributed by atoms with Crippen molar-refractivity contribution in [2.45, 2.75) is 16.2 Å². The Labute approximate surface area is 155 Å². The highest BCUT2D eigenvalue weighted by atomic mass is 79.9. The number of carbonyl (C=O) groups excluding carboxylic acids is 1. The minimum absolute atomic E-state index is 0.0799. The van der Waals surface area contributed by atoms with Gasteiger partial charge in [0.2, 0.25) is 5.91 Å². The largest absolute Gasteiger partial charge is 0.325 e. The van der Waals surface area contributed by atoms with Gasteiger partial charge in [0, 0.05) is 32.9 Å². The van der Waals surface area contributed by atoms with E-state index in [1.54, 1.807) is 11.8 Å². The Kier molecular flexibility index (Phi) is 7.32. The summed E-state index contributed by atoms with van der Waals surface area (Å²) in [6.45, 7) is 0.865. The summed E-state index contributed by atoms with van der Waals surface area (Å²) in [5, 5.41) is 11.4. The molecule has 0 atom stereocenters. The van der Waals surface area contributed by atoms with Gasteiger partial charge < -0.3 is 5.32 Å². The van der Waals surface area contributed by atoms with E-state index >= 15 is 0 Å². The third-order valence-electron chi connectivity index (χ3n) is 3.21. The first-order valence-electron chi connectivity index (χ1n) is 7.45. The number of hydrogen-bond donors (Lipinski definition) is 1. The fourth-order valence-corrected chi connectivity index (χ4v) is 3.09. The summed E-state index contributed by atoms with van der Waals surface area (Å²) in [5.74, 6) is -0.0799. The van der Waals surface area contributed by atoms with Gasteiger partial charge in [0.15, 0.2) is 0 Å². The van der Waals surface area contributed by atoms with Crippen LogP contribution in [-0.4, -0.2) is 30.9 Å². The van der Waals surface area contributed by atoms with E-state index in [0.717, 1.165) is 20.0 Å². The first-order chi connectivity index (χ1) is 11.6. The van der Waals surface area contributed by atoms with Crippen LogP contribution in [0.5, 0.6) is 0 Å². The number of halogens is 1. The number of nitriles is 1. The molecule has 0 heterocycles. The highest BCUT2D eigenvalue weighted by Crippen LogP contribution is 2.29. The number of benzene rings is 2. The Balaban J connectivity index is 1.86. The molecule has 0 fully saturated rings. The lowest BCUT2D eigenvalue weighted by Gasteiger charge is -2.14. The molecule has 0 spiro atoms. The van der Waals surface area contributed by atoms with Crippen molar-refractivity contribution in [2.24, 2.45) is 0 Å². The van der Waals surface area contributed by atoms with Gasteiger partial charge in [0.25, 0.3) is 0 Å². The van der Waals surface area contributed by atoms with E-state index in [-0.39, 0.29) is 12.5 Å². The minimum Gasteiger partial charge on any atom is -0.325 e. The van der Waals surface area contributed by atoms with Gasteiger partial charge in [0.05, 0.1) is 12.6 Å². The summed E-state index contributed by atoms with van der Waals surface area (Å²) >= 11 is 5.10. The van der Waals surface area contributed by atoms with E-state index in [2.05, 4.69) is 39.4 Å². The van der Waals surface area contributed by atoms with Crippen molar-refractivity contribution >= 4 is 39.3 Å². The molecule has 0 aliphatic carbocycles. The zero-order valence-corrected chi connectivity index (χ0v) is 15.7. The zero-order valence-electron chi connectivity index (χ0n) is 13.3. The summed E-state index contributed by atoms with van der Waals surface area (Å²) in [5.41, 5.74) is 0.772. The third-order valence-corrected chi connectivity index (χ3v) is 4.75. The molecule has 0 saturated carbocycles. The van der Waals surface area contributed by atoms with Crippen LogP contribution in [0.25, 0.3) is 0 Å². The highest BCUT2D eigenvalue weighted by Gasteiger charge is 2.07. The van der Waals surface area contributed by atoms with E-state index in [1.807, 2.05) is 48.3 Å². The van der Waals surface area contributed by atoms with Crippen LogP contribution in [0.4, 0.5) is 5.69 Å². The lowest BCUT2D eigenvalue weighted by Crippen LogP contribution is -2.30. The average Bonchev–Trinajstić information content (AvgIpc) is 2.57. The van der Waals surface area contributed by atoms with E-state index < -0.39 is 0 Å². The zero-order chi connectivity index (χ0) is 17.4. The van der Waals surface area contributed by atoms with E-state index in [9.17, 15) is 4.79 Å². The van der Waals surface area contributed by atoms with Crippen LogP contribution in [-0.2, 0) is 4.79 Å². The van der Waals surface area contributed by atoms with Crippen LogP contribution in [0.2, 0.25) is 0 Å². The summed E-state index contributed by atoms with van der Waals surface area (Å²) < 4.78 is 1.06. The molecule has 4 nitrogen and oxygen atoms in total. The van der Waals surface area contributed by atoms with Crippen LogP contribution in [0.1, 0.15) is 6.42 Å². The highest BCUT2D eigenvalue weighted by molar-refractivity contribution is 9.10. The summed E-state index contributed by atoms with van der Waals surface area (Å²) in [4.78, 5) is 16.1. The van der Waals surface area contributed by atoms with Crippen molar-refractivity contribution in [3.8, 4) is 6.07 Å². The molecule has 124 valence electrons. The van der Waals surface area contributed by atoms with Gasteiger partial charge in [-0.3, -0.25) is 9.69 Å². The molecule has 2 rings (SSSR count). The van der Waals surface area contributed by atoms with Crippen LogP contribution < -0.4 is 5.32 Å². The average molecular weight is 404 g/mol. The molecule has 0 aliphatic heterocycles. The molecule has 1 amide bonds. The molecule has 0 aromatic heterocycles. The molecule has 0 saturated heterocycles. The van der Waals surface area contributed by atoms with Crippen LogP contribution in [0, 0.1) is 11.3 Å². The normalized spacial score (nSPS) is 10.4. The SMILES string of the molecule is CN(CCC#N)CC(=O)Nc1ccc(Sc2ccc(Br)cc2)cc1. The fourth-order valence-electron chi connectivity index (χ4n) is 2.01. The van der Waals surface area contributed by atoms with Crippen molar-refractivity contribution < 1.29 is 4.79 Å². The van der Waals surface area contributed by atoms with Gasteiger partial charge in [-0.25, -0.2) is 0 Å². The summed E-state index contributed by atoms with van der Waals surface area (Å²) in [6.07, 6.45) is 0.422. The Bertz CT molecular complexity index is 711. The lowest BCUT2D eigenvalue weighted by molar-refractivity contribution is -0.117. The molecule has 0 bridgehead atoms. The number of likely N-dealkylation sites (N-methyl/N-ethyl adjacent to an activating group) is 1. The summed E-state index contributed by atoms with van der Waals surface area (Å²) in [7, 11) is 1.83. The maximum atomic E-state index is 11.9. The molecular formula is C18H18BrN3OS. The molecule has 24 heavy (non-hydrogen) atoms. The van der Waals surface area contributed by atoms with Crippen molar-refractivity contribution in [1.29, 1.82) is 5.26 Å². The number of nitrogens with one attached hydrogen (secondary N) is 1. The molecule has 2 aromatic carbocycles.